The average molecular weight is 245 g/mol. The van der Waals surface area contributed by atoms with Gasteiger partial charge in [0.05, 0.1) is 0 Å². The molecule has 0 radical (unpaired) electrons. The predicted octanol–water partition coefficient (Wildman–Crippen LogP) is 3.09. The quantitative estimate of drug-likeness (QED) is 0.854. The summed E-state index contributed by atoms with van der Waals surface area (Å²) in [5, 5.41) is 12.1. The van der Waals surface area contributed by atoms with E-state index in [4.69, 9.17) is 0 Å². The highest BCUT2D eigenvalue weighted by molar-refractivity contribution is 6.04. The van der Waals surface area contributed by atoms with Gasteiger partial charge in [-0.2, -0.15) is 0 Å². The molecule has 3 nitrogen and oxygen atoms in total. The highest BCUT2D eigenvalue weighted by Crippen LogP contribution is 2.21. The van der Waals surface area contributed by atoms with E-state index in [0.717, 1.165) is 5.56 Å². The largest absolute Gasteiger partial charge is 0.508 e. The van der Waals surface area contributed by atoms with Gasteiger partial charge in [0.2, 0.25) is 0 Å². The number of nitrogens with one attached hydrogen (secondary N) is 1. The fourth-order valence-corrected chi connectivity index (χ4v) is 1.49. The zero-order valence-corrected chi connectivity index (χ0v) is 9.77. The molecule has 92 valence electrons. The van der Waals surface area contributed by atoms with E-state index in [-0.39, 0.29) is 17.5 Å². The Morgan fingerprint density at radius 1 is 1.17 bits per heavy atom. The molecule has 0 unspecified atom stereocenters. The molecule has 2 aromatic rings. The maximum absolute atomic E-state index is 12.7. The van der Waals surface area contributed by atoms with Crippen molar-refractivity contribution in [3.05, 3.63) is 59.4 Å². The molecule has 0 spiro atoms. The molecule has 2 N–H and O–H groups in total. The molecule has 0 fully saturated rings. The van der Waals surface area contributed by atoms with Crippen LogP contribution in [0.4, 0.5) is 10.1 Å². The van der Waals surface area contributed by atoms with Gasteiger partial charge in [-0.15, -0.1) is 0 Å². The highest BCUT2D eigenvalue weighted by atomic mass is 19.1. The van der Waals surface area contributed by atoms with Gasteiger partial charge >= 0.3 is 0 Å². The molecule has 0 aliphatic heterocycles. The summed E-state index contributed by atoms with van der Waals surface area (Å²) >= 11 is 0. The van der Waals surface area contributed by atoms with Crippen molar-refractivity contribution in [2.24, 2.45) is 0 Å². The molecule has 4 heteroatoms. The van der Waals surface area contributed by atoms with Crippen molar-refractivity contribution in [3.8, 4) is 5.75 Å². The lowest BCUT2D eigenvalue weighted by molar-refractivity contribution is 0.102. The Morgan fingerprint density at radius 3 is 2.44 bits per heavy atom. The Morgan fingerprint density at radius 2 is 1.83 bits per heavy atom. The number of hydrogen-bond donors (Lipinski definition) is 2. The number of rotatable bonds is 2. The SMILES string of the molecule is Cc1ccc(NC(=O)c2ccc(F)cc2)cc1O. The summed E-state index contributed by atoms with van der Waals surface area (Å²) in [7, 11) is 0. The molecule has 2 aromatic carbocycles. The van der Waals surface area contributed by atoms with Crippen LogP contribution in [0.25, 0.3) is 0 Å². The monoisotopic (exact) mass is 245 g/mol. The Kier molecular flexibility index (Phi) is 3.28. The van der Waals surface area contributed by atoms with Crippen LogP contribution >= 0.6 is 0 Å². The topological polar surface area (TPSA) is 49.3 Å². The maximum atomic E-state index is 12.7. The van der Waals surface area contributed by atoms with Crippen LogP contribution in [0, 0.1) is 12.7 Å². The lowest BCUT2D eigenvalue weighted by Gasteiger charge is -2.06. The first-order valence-corrected chi connectivity index (χ1v) is 5.43. The van der Waals surface area contributed by atoms with Crippen LogP contribution in [0.1, 0.15) is 15.9 Å². The predicted molar refractivity (Wildman–Crippen MR) is 67.2 cm³/mol. The minimum absolute atomic E-state index is 0.118. The van der Waals surface area contributed by atoms with Crippen LogP contribution in [-0.4, -0.2) is 11.0 Å². The van der Waals surface area contributed by atoms with E-state index in [9.17, 15) is 14.3 Å². The van der Waals surface area contributed by atoms with E-state index in [0.29, 0.717) is 11.3 Å². The summed E-state index contributed by atoms with van der Waals surface area (Å²) in [4.78, 5) is 11.8. The fraction of sp³-hybridized carbons (Fsp3) is 0.0714. The molecule has 0 aromatic heterocycles. The highest BCUT2D eigenvalue weighted by Gasteiger charge is 2.07. The van der Waals surface area contributed by atoms with Crippen molar-refractivity contribution in [2.75, 3.05) is 5.32 Å². The molecule has 0 saturated heterocycles. The van der Waals surface area contributed by atoms with Crippen molar-refractivity contribution in [1.29, 1.82) is 0 Å². The standard InChI is InChI=1S/C14H12FNO2/c1-9-2-7-12(8-13(9)17)16-14(18)10-3-5-11(15)6-4-10/h2-8,17H,1H3,(H,16,18). The van der Waals surface area contributed by atoms with Gasteiger partial charge in [-0.05, 0) is 42.8 Å². The van der Waals surface area contributed by atoms with Crippen LogP contribution in [0.5, 0.6) is 5.75 Å². The number of aromatic hydroxyl groups is 1. The zero-order valence-electron chi connectivity index (χ0n) is 9.77. The Labute approximate surface area is 104 Å². The van der Waals surface area contributed by atoms with Gasteiger partial charge in [-0.3, -0.25) is 4.79 Å². The van der Waals surface area contributed by atoms with Crippen molar-refractivity contribution in [3.63, 3.8) is 0 Å². The molecule has 0 saturated carbocycles. The molecule has 0 aliphatic rings. The molecular formula is C14H12FNO2. The average Bonchev–Trinajstić information content (AvgIpc) is 2.34. The van der Waals surface area contributed by atoms with Gasteiger partial charge in [-0.1, -0.05) is 6.07 Å². The lowest BCUT2D eigenvalue weighted by Crippen LogP contribution is -2.11. The normalized spacial score (nSPS) is 10.1. The smallest absolute Gasteiger partial charge is 0.255 e. The third kappa shape index (κ3) is 2.66. The number of aryl methyl sites for hydroxylation is 1. The first-order valence-electron chi connectivity index (χ1n) is 5.43. The number of carbonyl (C=O) groups is 1. The summed E-state index contributed by atoms with van der Waals surface area (Å²) < 4.78 is 12.7. The first kappa shape index (κ1) is 12.1. The van der Waals surface area contributed by atoms with E-state index in [2.05, 4.69) is 5.32 Å². The number of carbonyl (C=O) groups excluding carboxylic acids is 1. The van der Waals surface area contributed by atoms with E-state index >= 15 is 0 Å². The van der Waals surface area contributed by atoms with Gasteiger partial charge in [0, 0.05) is 17.3 Å². The van der Waals surface area contributed by atoms with Gasteiger partial charge in [0.1, 0.15) is 11.6 Å². The number of anilines is 1. The van der Waals surface area contributed by atoms with Crippen LogP contribution in [-0.2, 0) is 0 Å². The second kappa shape index (κ2) is 4.87. The lowest BCUT2D eigenvalue weighted by atomic mass is 10.2. The summed E-state index contributed by atoms with van der Waals surface area (Å²) in [6, 6.07) is 10.1. The summed E-state index contributed by atoms with van der Waals surface area (Å²) in [5.74, 6) is -0.621. The molecule has 0 heterocycles. The Hall–Kier alpha value is -2.36. The van der Waals surface area contributed by atoms with Gasteiger partial charge in [0.25, 0.3) is 5.91 Å². The fourth-order valence-electron chi connectivity index (χ4n) is 1.49. The number of halogens is 1. The second-order valence-corrected chi connectivity index (χ2v) is 3.96. The number of benzene rings is 2. The summed E-state index contributed by atoms with van der Waals surface area (Å²) in [5.41, 5.74) is 1.58. The molecule has 0 aliphatic carbocycles. The van der Waals surface area contributed by atoms with Crippen LogP contribution in [0.3, 0.4) is 0 Å². The first-order chi connectivity index (χ1) is 8.56. The van der Waals surface area contributed by atoms with Crippen molar-refractivity contribution in [1.82, 2.24) is 0 Å². The third-order valence-electron chi connectivity index (χ3n) is 2.57. The molecular weight excluding hydrogens is 233 g/mol. The van der Waals surface area contributed by atoms with Crippen molar-refractivity contribution < 1.29 is 14.3 Å². The van der Waals surface area contributed by atoms with Crippen LogP contribution in [0.15, 0.2) is 42.5 Å². The molecule has 0 atom stereocenters. The van der Waals surface area contributed by atoms with Gasteiger partial charge in [-0.25, -0.2) is 4.39 Å². The summed E-state index contributed by atoms with van der Waals surface area (Å²) in [6.07, 6.45) is 0. The summed E-state index contributed by atoms with van der Waals surface area (Å²) in [6.45, 7) is 1.76. The minimum Gasteiger partial charge on any atom is -0.508 e. The van der Waals surface area contributed by atoms with E-state index < -0.39 is 0 Å². The van der Waals surface area contributed by atoms with Gasteiger partial charge in [0.15, 0.2) is 0 Å². The minimum atomic E-state index is -0.389. The van der Waals surface area contributed by atoms with E-state index in [1.54, 1.807) is 19.1 Å². The Balaban J connectivity index is 2.16. The maximum Gasteiger partial charge on any atom is 0.255 e. The van der Waals surface area contributed by atoms with Crippen molar-refractivity contribution >= 4 is 11.6 Å². The van der Waals surface area contributed by atoms with Gasteiger partial charge < -0.3 is 10.4 Å². The van der Waals surface area contributed by atoms with Crippen LogP contribution < -0.4 is 5.32 Å². The number of phenolic OH excluding ortho intramolecular Hbond substituents is 1. The van der Waals surface area contributed by atoms with E-state index in [1.807, 2.05) is 0 Å². The van der Waals surface area contributed by atoms with Crippen molar-refractivity contribution in [2.45, 2.75) is 6.92 Å². The number of phenols is 1. The second-order valence-electron chi connectivity index (χ2n) is 3.96. The molecule has 18 heavy (non-hydrogen) atoms. The molecule has 2 rings (SSSR count). The van der Waals surface area contributed by atoms with Crippen LogP contribution in [0.2, 0.25) is 0 Å². The van der Waals surface area contributed by atoms with E-state index in [1.165, 1.54) is 30.3 Å². The third-order valence-corrected chi connectivity index (χ3v) is 2.57. The Bertz CT molecular complexity index is 579. The zero-order chi connectivity index (χ0) is 13.1. The molecule has 0 bridgehead atoms. The molecule has 1 amide bonds. The number of hydrogen-bond acceptors (Lipinski definition) is 2. The number of amides is 1.